The van der Waals surface area contributed by atoms with Crippen LogP contribution in [0.2, 0.25) is 0 Å². The second-order valence-corrected chi connectivity index (χ2v) is 11.6. The molecule has 0 aliphatic heterocycles. The largest absolute Gasteiger partial charge is 0.388 e. The lowest BCUT2D eigenvalue weighted by molar-refractivity contribution is -0.263. The fraction of sp³-hybridized carbons (Fsp3) is 0.417. The van der Waals surface area contributed by atoms with Gasteiger partial charge in [0, 0.05) is 22.3 Å². The van der Waals surface area contributed by atoms with Crippen molar-refractivity contribution in [3.05, 3.63) is 69.8 Å². The minimum Gasteiger partial charge on any atom is -0.289 e. The molecular weight excluding hydrogens is 542 g/mol. The van der Waals surface area contributed by atoms with Crippen LogP contribution < -0.4 is 0 Å². The number of fused-ring (bicyclic) bond motifs is 2. The zero-order valence-corrected chi connectivity index (χ0v) is 23.3. The predicted octanol–water partition coefficient (Wildman–Crippen LogP) is 5.72. The third-order valence-electron chi connectivity index (χ3n) is 5.04. The van der Waals surface area contributed by atoms with Gasteiger partial charge in [-0.2, -0.15) is 0 Å². The maximum atomic E-state index is 13.3. The first-order chi connectivity index (χ1) is 18.2. The molecule has 0 spiro atoms. The molecule has 0 heterocycles. The lowest BCUT2D eigenvalue weighted by atomic mass is 9.83. The van der Waals surface area contributed by atoms with Crippen LogP contribution >= 0.6 is 15.2 Å². The predicted molar refractivity (Wildman–Crippen MR) is 133 cm³/mol. The summed E-state index contributed by atoms with van der Waals surface area (Å²) in [6.07, 6.45) is -0.523. The number of hydrogen-bond donors (Lipinski definition) is 0. The summed E-state index contributed by atoms with van der Waals surface area (Å²) >= 11 is 0. The molecule has 0 aromatic heterocycles. The van der Waals surface area contributed by atoms with Crippen LogP contribution in [0.15, 0.2) is 36.4 Å². The van der Waals surface area contributed by atoms with Gasteiger partial charge in [-0.1, -0.05) is 12.1 Å². The van der Waals surface area contributed by atoms with Crippen molar-refractivity contribution in [2.24, 2.45) is 0 Å². The molecule has 12 nitrogen and oxygen atoms in total. The summed E-state index contributed by atoms with van der Waals surface area (Å²) in [6.45, 7) is 7.09. The Balaban J connectivity index is 1.88. The first-order valence-electron chi connectivity index (χ1n) is 12.0. The van der Waals surface area contributed by atoms with Gasteiger partial charge in [-0.3, -0.25) is 18.7 Å². The van der Waals surface area contributed by atoms with Crippen molar-refractivity contribution in [3.63, 3.8) is 0 Å². The van der Waals surface area contributed by atoms with Gasteiger partial charge in [-0.15, -0.1) is 18.7 Å². The van der Waals surface area contributed by atoms with Gasteiger partial charge in [-0.05, 0) is 63.1 Å². The Morgan fingerprint density at radius 3 is 1.13 bits per heavy atom. The Morgan fingerprint density at radius 2 is 0.842 bits per heavy atom. The molecule has 14 heteroatoms. The van der Waals surface area contributed by atoms with E-state index in [0.29, 0.717) is 11.1 Å². The first-order valence-corrected chi connectivity index (χ1v) is 15.4. The van der Waals surface area contributed by atoms with Gasteiger partial charge >= 0.3 is 15.2 Å². The zero-order chi connectivity index (χ0) is 27.8. The lowest BCUT2D eigenvalue weighted by Gasteiger charge is -2.21. The third kappa shape index (κ3) is 7.52. The van der Waals surface area contributed by atoms with Gasteiger partial charge in [0.15, 0.2) is 11.6 Å². The number of ketones is 2. The van der Waals surface area contributed by atoms with E-state index in [0.717, 1.165) is 0 Å². The van der Waals surface area contributed by atoms with Crippen molar-refractivity contribution in [3.8, 4) is 0 Å². The third-order valence-corrected chi connectivity index (χ3v) is 7.87. The van der Waals surface area contributed by atoms with Crippen LogP contribution in [0.4, 0.5) is 0 Å². The molecule has 0 N–H and O–H groups in total. The highest BCUT2D eigenvalue weighted by molar-refractivity contribution is 7.53. The molecule has 38 heavy (non-hydrogen) atoms. The van der Waals surface area contributed by atoms with E-state index in [2.05, 4.69) is 0 Å². The Hall–Kier alpha value is -2.08. The maximum Gasteiger partial charge on any atom is 0.388 e. The standard InChI is InChI=1S/C24H30O12P2/c1-5-29-33-37(27,34-30-6-2)15-17-9-11-19-21(13-17)23(25)20-12-10-18(14-22(20)24(19)26)16-38(28,35-31-7-3)36-32-8-4/h9-14H,5-8,15-16H2,1-4H3. The topological polar surface area (TPSA) is 142 Å². The average molecular weight is 572 g/mol. The normalized spacial score (nSPS) is 13.5. The number of benzene rings is 2. The molecule has 2 aromatic rings. The van der Waals surface area contributed by atoms with E-state index in [9.17, 15) is 18.7 Å². The molecule has 2 aromatic carbocycles. The highest BCUT2D eigenvalue weighted by atomic mass is 31.2. The second kappa shape index (κ2) is 13.8. The number of carbonyl (C=O) groups is 2. The van der Waals surface area contributed by atoms with Crippen molar-refractivity contribution in [2.75, 3.05) is 26.4 Å². The molecule has 0 saturated carbocycles. The Kier molecular flexibility index (Phi) is 11.1. The molecule has 1 aliphatic carbocycles. The Morgan fingerprint density at radius 1 is 0.526 bits per heavy atom. The summed E-state index contributed by atoms with van der Waals surface area (Å²) in [4.78, 5) is 45.9. The summed E-state index contributed by atoms with van der Waals surface area (Å²) < 4.78 is 45.7. The molecule has 208 valence electrons. The van der Waals surface area contributed by atoms with Crippen LogP contribution in [0.3, 0.4) is 0 Å². The number of hydrogen-bond acceptors (Lipinski definition) is 12. The fourth-order valence-corrected chi connectivity index (χ4v) is 6.16. The minimum atomic E-state index is -3.87. The molecule has 1 aliphatic rings. The molecule has 0 amide bonds. The number of rotatable bonds is 16. The molecule has 0 fully saturated rings. The van der Waals surface area contributed by atoms with Crippen LogP contribution in [0.25, 0.3) is 0 Å². The number of carbonyl (C=O) groups excluding carboxylic acids is 2. The molecule has 0 atom stereocenters. The van der Waals surface area contributed by atoms with E-state index in [-0.39, 0.29) is 61.0 Å². The van der Waals surface area contributed by atoms with Gasteiger partial charge in [-0.25, -0.2) is 19.6 Å². The SMILES string of the molecule is CCOOP(=O)(Cc1ccc2c(c1)C(=O)c1ccc(CP(=O)(OOCC)OOCC)cc1C2=O)OOCC. The summed E-state index contributed by atoms with van der Waals surface area (Å²) in [5.41, 5.74) is 1.42. The lowest BCUT2D eigenvalue weighted by Crippen LogP contribution is -2.21. The minimum absolute atomic E-state index is 0.125. The molecule has 0 unspecified atom stereocenters. The van der Waals surface area contributed by atoms with E-state index < -0.39 is 26.8 Å². The van der Waals surface area contributed by atoms with Crippen LogP contribution in [0.5, 0.6) is 0 Å². The van der Waals surface area contributed by atoms with Crippen LogP contribution in [0, 0.1) is 0 Å². The second-order valence-electron chi connectivity index (χ2n) is 7.88. The average Bonchev–Trinajstić information content (AvgIpc) is 2.91. The summed E-state index contributed by atoms with van der Waals surface area (Å²) in [6, 6.07) is 8.93. The molecule has 0 saturated heterocycles. The maximum absolute atomic E-state index is 13.3. The zero-order valence-electron chi connectivity index (χ0n) is 21.5. The van der Waals surface area contributed by atoms with Crippen LogP contribution in [-0.2, 0) is 59.7 Å². The molecule has 3 rings (SSSR count). The van der Waals surface area contributed by atoms with E-state index in [4.69, 9.17) is 38.2 Å². The highest BCUT2D eigenvalue weighted by Crippen LogP contribution is 2.53. The van der Waals surface area contributed by atoms with Crippen molar-refractivity contribution in [1.29, 1.82) is 0 Å². The highest BCUT2D eigenvalue weighted by Gasteiger charge is 2.34. The van der Waals surface area contributed by atoms with Gasteiger partial charge in [0.05, 0.1) is 38.8 Å². The van der Waals surface area contributed by atoms with Crippen LogP contribution in [-0.4, -0.2) is 38.0 Å². The van der Waals surface area contributed by atoms with E-state index >= 15 is 0 Å². The smallest absolute Gasteiger partial charge is 0.289 e. The Labute approximate surface area is 220 Å². The summed E-state index contributed by atoms with van der Waals surface area (Å²) in [7, 11) is -7.73. The Bertz CT molecular complexity index is 1130. The fourth-order valence-electron chi connectivity index (χ4n) is 3.55. The quantitative estimate of drug-likeness (QED) is 0.118. The summed E-state index contributed by atoms with van der Waals surface area (Å²) in [5, 5.41) is 0. The van der Waals surface area contributed by atoms with E-state index in [1.807, 2.05) is 0 Å². The molecule has 0 bridgehead atoms. The monoisotopic (exact) mass is 572 g/mol. The molecule has 0 radical (unpaired) electrons. The van der Waals surface area contributed by atoms with Crippen molar-refractivity contribution >= 4 is 26.8 Å². The van der Waals surface area contributed by atoms with Gasteiger partial charge in [0.1, 0.15) is 0 Å². The first kappa shape index (κ1) is 30.5. The van der Waals surface area contributed by atoms with Gasteiger partial charge < -0.3 is 0 Å². The molecular formula is C24H30O12P2. The van der Waals surface area contributed by atoms with Crippen molar-refractivity contribution in [1.82, 2.24) is 0 Å². The van der Waals surface area contributed by atoms with Gasteiger partial charge in [0.2, 0.25) is 0 Å². The van der Waals surface area contributed by atoms with Crippen molar-refractivity contribution in [2.45, 2.75) is 40.0 Å². The van der Waals surface area contributed by atoms with Gasteiger partial charge in [0.25, 0.3) is 0 Å². The summed E-state index contributed by atoms with van der Waals surface area (Å²) in [5.74, 6) is -0.817. The van der Waals surface area contributed by atoms with Crippen molar-refractivity contribution < 1.29 is 57.0 Å². The van der Waals surface area contributed by atoms with Crippen LogP contribution in [0.1, 0.15) is 70.7 Å². The van der Waals surface area contributed by atoms with E-state index in [1.165, 1.54) is 36.4 Å². The van der Waals surface area contributed by atoms with E-state index in [1.54, 1.807) is 27.7 Å².